The zero-order valence-electron chi connectivity index (χ0n) is 17.6. The van der Waals surface area contributed by atoms with Crippen LogP contribution in [0.3, 0.4) is 0 Å². The highest BCUT2D eigenvalue weighted by molar-refractivity contribution is 7.93. The fourth-order valence-electron chi connectivity index (χ4n) is 2.88. The molecular formula is C18H19ClF3N5O5S. The van der Waals surface area contributed by atoms with E-state index in [1.165, 1.54) is 10.9 Å². The monoisotopic (exact) mass is 509 g/mol. The standard InChI is InChI=1S/C18H19ClF3N5O5S/c1-4-26-9-13(15(19)25-26)33(30,31)27-6-5-12(28)14-11(27)7-10(8-23-14)24-16(29)32-17(2,3)18(20,21)22/h7-9H,4-6H2,1-3H3,(H,24,29). The van der Waals surface area contributed by atoms with E-state index in [0.29, 0.717) is 20.4 Å². The number of carbonyl (C=O) groups excluding carboxylic acids is 2. The molecule has 0 aromatic carbocycles. The minimum absolute atomic E-state index is 0.159. The van der Waals surface area contributed by atoms with Crippen molar-refractivity contribution in [3.05, 3.63) is 29.3 Å². The van der Waals surface area contributed by atoms with Crippen LogP contribution in [0.2, 0.25) is 5.15 Å². The minimum atomic E-state index is -4.82. The second-order valence-corrected chi connectivity index (χ2v) is 9.69. The van der Waals surface area contributed by atoms with Gasteiger partial charge in [0.2, 0.25) is 5.60 Å². The van der Waals surface area contributed by atoms with E-state index >= 15 is 0 Å². The molecule has 0 spiro atoms. The van der Waals surface area contributed by atoms with E-state index in [2.05, 4.69) is 20.1 Å². The van der Waals surface area contributed by atoms with Gasteiger partial charge in [-0.25, -0.2) is 18.2 Å². The Kier molecular flexibility index (Phi) is 6.37. The first-order valence-corrected chi connectivity index (χ1v) is 11.3. The highest BCUT2D eigenvalue weighted by Crippen LogP contribution is 2.36. The molecule has 1 aliphatic rings. The number of aromatic nitrogens is 3. The van der Waals surface area contributed by atoms with Crippen LogP contribution in [0.25, 0.3) is 0 Å². The van der Waals surface area contributed by atoms with E-state index in [1.54, 1.807) is 6.92 Å². The van der Waals surface area contributed by atoms with E-state index in [1.807, 2.05) is 0 Å². The molecule has 33 heavy (non-hydrogen) atoms. The predicted molar refractivity (Wildman–Crippen MR) is 111 cm³/mol. The van der Waals surface area contributed by atoms with Crippen LogP contribution < -0.4 is 9.62 Å². The molecule has 3 rings (SSSR count). The van der Waals surface area contributed by atoms with Crippen molar-refractivity contribution >= 4 is 44.9 Å². The number of sulfonamides is 1. The normalized spacial score (nSPS) is 14.8. The van der Waals surface area contributed by atoms with E-state index in [-0.39, 0.29) is 40.1 Å². The third kappa shape index (κ3) is 4.76. The Morgan fingerprint density at radius 2 is 2.00 bits per heavy atom. The van der Waals surface area contributed by atoms with Gasteiger partial charge in [-0.1, -0.05) is 11.6 Å². The summed E-state index contributed by atoms with van der Waals surface area (Å²) in [6, 6.07) is 1.11. The summed E-state index contributed by atoms with van der Waals surface area (Å²) >= 11 is 6.00. The molecule has 2 aromatic heterocycles. The van der Waals surface area contributed by atoms with Gasteiger partial charge in [-0.15, -0.1) is 0 Å². The Hall–Kier alpha value is -2.87. The van der Waals surface area contributed by atoms with Crippen molar-refractivity contribution in [3.8, 4) is 0 Å². The lowest BCUT2D eigenvalue weighted by atomic mass is 10.1. The van der Waals surface area contributed by atoms with Crippen LogP contribution in [0, 0.1) is 0 Å². The number of hydrogen-bond acceptors (Lipinski definition) is 7. The minimum Gasteiger partial charge on any atom is -0.434 e. The number of amides is 1. The molecule has 3 heterocycles. The lowest BCUT2D eigenvalue weighted by Crippen LogP contribution is -2.44. The highest BCUT2D eigenvalue weighted by atomic mass is 35.5. The third-order valence-electron chi connectivity index (χ3n) is 4.80. The van der Waals surface area contributed by atoms with Gasteiger partial charge in [-0.3, -0.25) is 19.1 Å². The molecule has 2 aromatic rings. The first-order valence-electron chi connectivity index (χ1n) is 9.53. The number of rotatable bonds is 5. The zero-order valence-corrected chi connectivity index (χ0v) is 19.2. The molecule has 0 aliphatic carbocycles. The van der Waals surface area contributed by atoms with Crippen molar-refractivity contribution < 1.29 is 35.9 Å². The van der Waals surface area contributed by atoms with Gasteiger partial charge >= 0.3 is 12.3 Å². The maximum Gasteiger partial charge on any atom is 0.427 e. The van der Waals surface area contributed by atoms with E-state index in [4.69, 9.17) is 11.6 Å². The van der Waals surface area contributed by atoms with Crippen LogP contribution in [-0.4, -0.2) is 53.4 Å². The Bertz CT molecular complexity index is 1210. The number of nitrogens with zero attached hydrogens (tertiary/aromatic N) is 4. The quantitative estimate of drug-likeness (QED) is 0.652. The number of hydrogen-bond donors (Lipinski definition) is 1. The lowest BCUT2D eigenvalue weighted by Gasteiger charge is -2.29. The summed E-state index contributed by atoms with van der Waals surface area (Å²) in [6.45, 7) is 3.19. The number of fused-ring (bicyclic) bond motifs is 1. The van der Waals surface area contributed by atoms with Crippen molar-refractivity contribution in [1.82, 2.24) is 14.8 Å². The number of pyridine rings is 1. The van der Waals surface area contributed by atoms with Crippen molar-refractivity contribution in [2.75, 3.05) is 16.2 Å². The molecule has 0 atom stereocenters. The summed E-state index contributed by atoms with van der Waals surface area (Å²) in [4.78, 5) is 27.9. The first kappa shape index (κ1) is 24.8. The zero-order chi connectivity index (χ0) is 24.8. The third-order valence-corrected chi connectivity index (χ3v) is 7.00. The van der Waals surface area contributed by atoms with Gasteiger partial charge in [0, 0.05) is 25.7 Å². The van der Waals surface area contributed by atoms with E-state index in [0.717, 1.165) is 16.6 Å². The number of ether oxygens (including phenoxy) is 1. The number of alkyl halides is 3. The van der Waals surface area contributed by atoms with Gasteiger partial charge in [0.1, 0.15) is 10.6 Å². The van der Waals surface area contributed by atoms with E-state index in [9.17, 15) is 31.2 Å². The Morgan fingerprint density at radius 3 is 2.58 bits per heavy atom. The predicted octanol–water partition coefficient (Wildman–Crippen LogP) is 3.62. The number of aryl methyl sites for hydroxylation is 1. The number of Topliss-reactive ketones (excluding diaryl/α,β-unsaturated/α-hetero) is 1. The summed E-state index contributed by atoms with van der Waals surface area (Å²) in [7, 11) is -4.28. The maximum absolute atomic E-state index is 13.3. The average Bonchev–Trinajstić information content (AvgIpc) is 3.08. The summed E-state index contributed by atoms with van der Waals surface area (Å²) in [5.74, 6) is -0.445. The largest absolute Gasteiger partial charge is 0.434 e. The van der Waals surface area contributed by atoms with Crippen molar-refractivity contribution in [2.24, 2.45) is 0 Å². The molecule has 0 radical (unpaired) electrons. The molecule has 10 nitrogen and oxygen atoms in total. The summed E-state index contributed by atoms with van der Waals surface area (Å²) in [5, 5.41) is 5.70. The van der Waals surface area contributed by atoms with Gasteiger partial charge in [0.25, 0.3) is 10.0 Å². The molecule has 1 N–H and O–H groups in total. The van der Waals surface area contributed by atoms with Gasteiger partial charge in [0.05, 0.1) is 17.6 Å². The molecule has 180 valence electrons. The van der Waals surface area contributed by atoms with Crippen LogP contribution in [0.5, 0.6) is 0 Å². The molecule has 0 saturated carbocycles. The number of nitrogens with one attached hydrogen (secondary N) is 1. The molecule has 0 bridgehead atoms. The number of anilines is 2. The molecular weight excluding hydrogens is 491 g/mol. The van der Waals surface area contributed by atoms with Crippen LogP contribution in [-0.2, 0) is 21.3 Å². The average molecular weight is 510 g/mol. The van der Waals surface area contributed by atoms with Crippen molar-refractivity contribution in [2.45, 2.75) is 50.4 Å². The maximum atomic E-state index is 13.3. The van der Waals surface area contributed by atoms with Crippen molar-refractivity contribution in [1.29, 1.82) is 0 Å². The Labute approximate surface area is 191 Å². The lowest BCUT2D eigenvalue weighted by molar-refractivity contribution is -0.242. The highest BCUT2D eigenvalue weighted by Gasteiger charge is 2.51. The number of carbonyl (C=O) groups is 2. The number of halogens is 4. The molecule has 15 heteroatoms. The molecule has 0 saturated heterocycles. The van der Waals surface area contributed by atoms with Gasteiger partial charge in [-0.05, 0) is 26.8 Å². The van der Waals surface area contributed by atoms with E-state index < -0.39 is 33.7 Å². The van der Waals surface area contributed by atoms with Crippen LogP contribution in [0.15, 0.2) is 23.4 Å². The summed E-state index contributed by atoms with van der Waals surface area (Å²) in [6.07, 6.45) is -4.18. The summed E-state index contributed by atoms with van der Waals surface area (Å²) < 4.78 is 72.0. The number of ketones is 1. The van der Waals surface area contributed by atoms with Crippen LogP contribution >= 0.6 is 11.6 Å². The molecule has 1 amide bonds. The fraction of sp³-hybridized carbons (Fsp3) is 0.444. The fourth-order valence-corrected chi connectivity index (χ4v) is 4.80. The van der Waals surface area contributed by atoms with Crippen LogP contribution in [0.1, 0.15) is 37.7 Å². The Morgan fingerprint density at radius 1 is 1.33 bits per heavy atom. The second kappa shape index (κ2) is 8.48. The second-order valence-electron chi connectivity index (χ2n) is 7.50. The topological polar surface area (TPSA) is 123 Å². The van der Waals surface area contributed by atoms with Crippen molar-refractivity contribution in [3.63, 3.8) is 0 Å². The van der Waals surface area contributed by atoms with Gasteiger partial charge < -0.3 is 4.74 Å². The Balaban J connectivity index is 1.95. The smallest absolute Gasteiger partial charge is 0.427 e. The van der Waals surface area contributed by atoms with Crippen LogP contribution in [0.4, 0.5) is 29.3 Å². The molecule has 0 unspecified atom stereocenters. The summed E-state index contributed by atoms with van der Waals surface area (Å²) in [5.41, 5.74) is -3.31. The first-order chi connectivity index (χ1) is 15.2. The van der Waals surface area contributed by atoms with Gasteiger partial charge in [-0.2, -0.15) is 18.3 Å². The van der Waals surface area contributed by atoms with Gasteiger partial charge in [0.15, 0.2) is 10.9 Å². The molecule has 1 aliphatic heterocycles. The SMILES string of the molecule is CCn1cc(S(=O)(=O)N2CCC(=O)c3ncc(NC(=O)OC(C)(C)C(F)(F)F)cc32)c(Cl)n1. The molecule has 0 fully saturated rings.